The molecule has 0 saturated carbocycles. The van der Waals surface area contributed by atoms with E-state index in [9.17, 15) is 14.5 Å². The standard InChI is InChI=1S/C23H16FN7O3S/c1-14(21-27-28-22(34-21)16-2-6-19(7-3-16)31(32)33)35-23-29-26-20(15-10-12-25-13-11-15)30(23)18-8-4-17(24)5-9-18/h2-14H,1H3. The van der Waals surface area contributed by atoms with Crippen molar-refractivity contribution < 1.29 is 13.7 Å². The fourth-order valence-electron chi connectivity index (χ4n) is 3.31. The van der Waals surface area contributed by atoms with E-state index in [0.29, 0.717) is 28.1 Å². The fourth-order valence-corrected chi connectivity index (χ4v) is 4.20. The number of nitrogens with zero attached hydrogens (tertiary/aromatic N) is 7. The van der Waals surface area contributed by atoms with Crippen molar-refractivity contribution in [1.82, 2.24) is 29.9 Å². The Hall–Kier alpha value is -4.45. The van der Waals surface area contributed by atoms with Gasteiger partial charge in [0.15, 0.2) is 11.0 Å². The molecule has 10 nitrogen and oxygen atoms in total. The third-order valence-electron chi connectivity index (χ3n) is 5.05. The maximum atomic E-state index is 13.6. The summed E-state index contributed by atoms with van der Waals surface area (Å²) in [7, 11) is 0. The Balaban J connectivity index is 1.45. The van der Waals surface area contributed by atoms with E-state index < -0.39 is 4.92 Å². The van der Waals surface area contributed by atoms with Gasteiger partial charge < -0.3 is 4.42 Å². The van der Waals surface area contributed by atoms with Crippen molar-refractivity contribution in [2.45, 2.75) is 17.3 Å². The molecule has 1 unspecified atom stereocenters. The minimum Gasteiger partial charge on any atom is -0.419 e. The zero-order valence-electron chi connectivity index (χ0n) is 18.1. The predicted molar refractivity (Wildman–Crippen MR) is 125 cm³/mol. The van der Waals surface area contributed by atoms with Crippen LogP contribution in [0.4, 0.5) is 10.1 Å². The van der Waals surface area contributed by atoms with Crippen LogP contribution in [-0.4, -0.2) is 34.9 Å². The molecule has 0 saturated heterocycles. The molecule has 0 radical (unpaired) electrons. The normalized spacial score (nSPS) is 11.9. The monoisotopic (exact) mass is 489 g/mol. The molecule has 0 spiro atoms. The Labute approximate surface area is 202 Å². The Morgan fingerprint density at radius 1 is 0.943 bits per heavy atom. The molecule has 0 aliphatic heterocycles. The van der Waals surface area contributed by atoms with Gasteiger partial charge in [-0.15, -0.1) is 20.4 Å². The molecule has 174 valence electrons. The molecule has 2 aromatic carbocycles. The highest BCUT2D eigenvalue weighted by Gasteiger charge is 2.23. The van der Waals surface area contributed by atoms with E-state index in [-0.39, 0.29) is 22.6 Å². The van der Waals surface area contributed by atoms with Gasteiger partial charge in [0.1, 0.15) is 5.82 Å². The van der Waals surface area contributed by atoms with Crippen LogP contribution in [0, 0.1) is 15.9 Å². The van der Waals surface area contributed by atoms with Gasteiger partial charge in [-0.3, -0.25) is 19.7 Å². The number of rotatable bonds is 7. The topological polar surface area (TPSA) is 126 Å². The molecule has 5 rings (SSSR count). The first-order chi connectivity index (χ1) is 17.0. The summed E-state index contributed by atoms with van der Waals surface area (Å²) in [6, 6.07) is 15.5. The summed E-state index contributed by atoms with van der Waals surface area (Å²) in [5.41, 5.74) is 2.04. The van der Waals surface area contributed by atoms with Crippen molar-refractivity contribution >= 4 is 17.4 Å². The predicted octanol–water partition coefficient (Wildman–Crippen LogP) is 5.28. The average molecular weight is 489 g/mol. The highest BCUT2D eigenvalue weighted by molar-refractivity contribution is 7.99. The molecule has 0 aliphatic carbocycles. The van der Waals surface area contributed by atoms with E-state index >= 15 is 0 Å². The van der Waals surface area contributed by atoms with Gasteiger partial charge in [0.25, 0.3) is 5.69 Å². The molecule has 0 aliphatic rings. The van der Waals surface area contributed by atoms with Crippen LogP contribution in [-0.2, 0) is 0 Å². The van der Waals surface area contributed by atoms with E-state index in [1.54, 1.807) is 36.7 Å². The second-order valence-corrected chi connectivity index (χ2v) is 8.67. The molecule has 5 aromatic rings. The van der Waals surface area contributed by atoms with E-state index in [2.05, 4.69) is 25.4 Å². The number of non-ortho nitro benzene ring substituents is 1. The number of halogens is 1. The van der Waals surface area contributed by atoms with Gasteiger partial charge >= 0.3 is 0 Å². The van der Waals surface area contributed by atoms with E-state index in [4.69, 9.17) is 4.42 Å². The van der Waals surface area contributed by atoms with Crippen LogP contribution in [0.15, 0.2) is 82.6 Å². The molecule has 1 atom stereocenters. The van der Waals surface area contributed by atoms with Crippen LogP contribution in [0.25, 0.3) is 28.5 Å². The van der Waals surface area contributed by atoms with Crippen molar-refractivity contribution in [1.29, 1.82) is 0 Å². The molecule has 0 N–H and O–H groups in total. The van der Waals surface area contributed by atoms with Crippen molar-refractivity contribution in [3.8, 4) is 28.5 Å². The van der Waals surface area contributed by atoms with Crippen LogP contribution >= 0.6 is 11.8 Å². The van der Waals surface area contributed by atoms with Crippen LogP contribution < -0.4 is 0 Å². The van der Waals surface area contributed by atoms with E-state index in [0.717, 1.165) is 5.56 Å². The Bertz CT molecular complexity index is 1470. The molecular weight excluding hydrogens is 473 g/mol. The molecule has 12 heteroatoms. The smallest absolute Gasteiger partial charge is 0.269 e. The largest absolute Gasteiger partial charge is 0.419 e. The number of hydrogen-bond donors (Lipinski definition) is 0. The highest BCUT2D eigenvalue weighted by atomic mass is 32.2. The van der Waals surface area contributed by atoms with Gasteiger partial charge in [-0.25, -0.2) is 4.39 Å². The van der Waals surface area contributed by atoms with Crippen LogP contribution in [0.1, 0.15) is 18.1 Å². The SMILES string of the molecule is CC(Sc1nnc(-c2ccncc2)n1-c1ccc(F)cc1)c1nnc(-c2ccc([N+](=O)[O-])cc2)o1. The third-order valence-corrected chi connectivity index (χ3v) is 6.08. The summed E-state index contributed by atoms with van der Waals surface area (Å²) >= 11 is 1.35. The highest BCUT2D eigenvalue weighted by Crippen LogP contribution is 2.37. The van der Waals surface area contributed by atoms with Gasteiger partial charge in [-0.05, 0) is 55.5 Å². The molecule has 3 heterocycles. The van der Waals surface area contributed by atoms with Crippen LogP contribution in [0.3, 0.4) is 0 Å². The first-order valence-electron chi connectivity index (χ1n) is 10.4. The molecule has 0 bridgehead atoms. The Morgan fingerprint density at radius 2 is 1.66 bits per heavy atom. The Kier molecular flexibility index (Phi) is 6.02. The lowest BCUT2D eigenvalue weighted by molar-refractivity contribution is -0.384. The lowest BCUT2D eigenvalue weighted by Gasteiger charge is -2.12. The third kappa shape index (κ3) is 4.64. The Morgan fingerprint density at radius 3 is 2.34 bits per heavy atom. The maximum Gasteiger partial charge on any atom is 0.269 e. The van der Waals surface area contributed by atoms with Gasteiger partial charge in [0.2, 0.25) is 11.8 Å². The lowest BCUT2D eigenvalue weighted by Crippen LogP contribution is -2.01. The zero-order chi connectivity index (χ0) is 24.4. The van der Waals surface area contributed by atoms with E-state index in [1.165, 1.54) is 36.0 Å². The summed E-state index contributed by atoms with van der Waals surface area (Å²) in [5.74, 6) is 0.826. The summed E-state index contributed by atoms with van der Waals surface area (Å²) in [4.78, 5) is 14.4. The van der Waals surface area contributed by atoms with E-state index in [1.807, 2.05) is 23.6 Å². The summed E-state index contributed by atoms with van der Waals surface area (Å²) < 4.78 is 21.2. The number of aromatic nitrogens is 6. The molecule has 35 heavy (non-hydrogen) atoms. The molecule has 3 aromatic heterocycles. The number of benzene rings is 2. The second kappa shape index (κ2) is 9.43. The quantitative estimate of drug-likeness (QED) is 0.170. The first kappa shape index (κ1) is 22.3. The van der Waals surface area contributed by atoms with Crippen LogP contribution in [0.5, 0.6) is 0 Å². The van der Waals surface area contributed by atoms with Crippen molar-refractivity contribution in [3.63, 3.8) is 0 Å². The fraction of sp³-hybridized carbons (Fsp3) is 0.0870. The first-order valence-corrected chi connectivity index (χ1v) is 11.2. The van der Waals surface area contributed by atoms with Crippen molar-refractivity contribution in [3.05, 3.63) is 94.9 Å². The van der Waals surface area contributed by atoms with Gasteiger partial charge in [-0.2, -0.15) is 0 Å². The number of thioether (sulfide) groups is 1. The zero-order valence-corrected chi connectivity index (χ0v) is 19.0. The number of pyridine rings is 1. The minimum atomic E-state index is -0.473. The van der Waals surface area contributed by atoms with Crippen LogP contribution in [0.2, 0.25) is 0 Å². The molecule has 0 fully saturated rings. The van der Waals surface area contributed by atoms with Crippen molar-refractivity contribution in [2.75, 3.05) is 0 Å². The molecular formula is C23H16FN7O3S. The maximum absolute atomic E-state index is 13.6. The summed E-state index contributed by atoms with van der Waals surface area (Å²) in [6.45, 7) is 1.88. The number of nitro benzene ring substituents is 1. The number of nitro groups is 1. The lowest BCUT2D eigenvalue weighted by atomic mass is 10.2. The molecule has 0 amide bonds. The van der Waals surface area contributed by atoms with Gasteiger partial charge in [0, 0.05) is 41.3 Å². The number of hydrogen-bond acceptors (Lipinski definition) is 9. The summed E-state index contributed by atoms with van der Waals surface area (Å²) in [5, 5.41) is 28.0. The second-order valence-electron chi connectivity index (χ2n) is 7.36. The summed E-state index contributed by atoms with van der Waals surface area (Å²) in [6.07, 6.45) is 3.32. The van der Waals surface area contributed by atoms with Gasteiger partial charge in [0.05, 0.1) is 10.2 Å². The minimum absolute atomic E-state index is 0.0254. The average Bonchev–Trinajstić information content (AvgIpc) is 3.53. The van der Waals surface area contributed by atoms with Crippen molar-refractivity contribution in [2.24, 2.45) is 0 Å². The van der Waals surface area contributed by atoms with Gasteiger partial charge in [-0.1, -0.05) is 11.8 Å².